The molecule has 0 atom stereocenters. The van der Waals surface area contributed by atoms with Crippen molar-refractivity contribution in [2.75, 3.05) is 18.5 Å². The van der Waals surface area contributed by atoms with Crippen LogP contribution in [0, 0.1) is 11.8 Å². The van der Waals surface area contributed by atoms with Crippen LogP contribution in [0.1, 0.15) is 5.56 Å². The Kier molecular flexibility index (Phi) is 6.92. The minimum absolute atomic E-state index is 0.0777. The molecule has 0 bridgehead atoms. The lowest BCUT2D eigenvalue weighted by Gasteiger charge is -2.08. The van der Waals surface area contributed by atoms with Crippen LogP contribution in [0.2, 0.25) is 0 Å². The standard InChI is InChI=1S/C18H14BrF3N2O2/c19-14-4-3-5-16(12-14)26-11-2-1-10-23-17(25)24-15-8-6-13(7-9-15)18(20,21)22/h3-9,12H,10-11H2,(H2,23,24,25). The topological polar surface area (TPSA) is 50.4 Å². The van der Waals surface area contributed by atoms with Crippen molar-refractivity contribution in [2.45, 2.75) is 6.18 Å². The first kappa shape index (κ1) is 19.7. The third kappa shape index (κ3) is 6.69. The first-order valence-electron chi connectivity index (χ1n) is 7.41. The van der Waals surface area contributed by atoms with Crippen LogP contribution >= 0.6 is 15.9 Å². The second-order valence-electron chi connectivity index (χ2n) is 4.98. The molecule has 0 aliphatic carbocycles. The van der Waals surface area contributed by atoms with Crippen molar-refractivity contribution >= 4 is 27.6 Å². The quantitative estimate of drug-likeness (QED) is 0.697. The van der Waals surface area contributed by atoms with Gasteiger partial charge >= 0.3 is 12.2 Å². The summed E-state index contributed by atoms with van der Waals surface area (Å²) in [5.74, 6) is 6.12. The second-order valence-corrected chi connectivity index (χ2v) is 5.90. The number of benzene rings is 2. The Hall–Kier alpha value is -2.66. The summed E-state index contributed by atoms with van der Waals surface area (Å²) in [7, 11) is 0. The molecule has 2 amide bonds. The zero-order valence-electron chi connectivity index (χ0n) is 13.4. The van der Waals surface area contributed by atoms with E-state index >= 15 is 0 Å². The Labute approximate surface area is 156 Å². The molecule has 136 valence electrons. The summed E-state index contributed by atoms with van der Waals surface area (Å²) in [6.45, 7) is 0.243. The van der Waals surface area contributed by atoms with Crippen LogP contribution in [0.4, 0.5) is 23.7 Å². The maximum atomic E-state index is 12.5. The molecule has 0 saturated heterocycles. The van der Waals surface area contributed by atoms with Crippen molar-refractivity contribution in [3.05, 3.63) is 58.6 Å². The van der Waals surface area contributed by atoms with Gasteiger partial charge in [-0.2, -0.15) is 13.2 Å². The molecule has 26 heavy (non-hydrogen) atoms. The van der Waals surface area contributed by atoms with Gasteiger partial charge in [-0.05, 0) is 42.5 Å². The lowest BCUT2D eigenvalue weighted by atomic mass is 10.2. The third-order valence-electron chi connectivity index (χ3n) is 3.04. The number of carbonyl (C=O) groups is 1. The number of hydrogen-bond acceptors (Lipinski definition) is 2. The summed E-state index contributed by atoms with van der Waals surface area (Å²) in [4.78, 5) is 11.6. The molecular formula is C18H14BrF3N2O2. The van der Waals surface area contributed by atoms with Gasteiger partial charge in [0, 0.05) is 10.2 Å². The fourth-order valence-corrected chi connectivity index (χ4v) is 2.21. The van der Waals surface area contributed by atoms with Crippen molar-refractivity contribution < 1.29 is 22.7 Å². The fourth-order valence-electron chi connectivity index (χ4n) is 1.83. The molecule has 0 aromatic heterocycles. The molecule has 4 nitrogen and oxygen atoms in total. The van der Waals surface area contributed by atoms with Crippen LogP contribution in [0.3, 0.4) is 0 Å². The maximum Gasteiger partial charge on any atom is 0.416 e. The minimum atomic E-state index is -4.41. The molecule has 0 fully saturated rings. The minimum Gasteiger partial charge on any atom is -0.481 e. The third-order valence-corrected chi connectivity index (χ3v) is 3.53. The van der Waals surface area contributed by atoms with E-state index in [1.54, 1.807) is 12.1 Å². The molecule has 0 unspecified atom stereocenters. The van der Waals surface area contributed by atoms with E-state index in [2.05, 4.69) is 38.4 Å². The number of carbonyl (C=O) groups excluding carboxylic acids is 1. The number of anilines is 1. The highest BCUT2D eigenvalue weighted by molar-refractivity contribution is 9.10. The zero-order valence-corrected chi connectivity index (χ0v) is 14.9. The highest BCUT2D eigenvalue weighted by Crippen LogP contribution is 2.29. The van der Waals surface area contributed by atoms with Gasteiger partial charge in [0.15, 0.2) is 0 Å². The molecule has 2 N–H and O–H groups in total. The Bertz CT molecular complexity index is 812. The number of ether oxygens (including phenoxy) is 1. The average Bonchev–Trinajstić information content (AvgIpc) is 2.58. The predicted octanol–water partition coefficient (Wildman–Crippen LogP) is 4.67. The molecule has 0 radical (unpaired) electrons. The maximum absolute atomic E-state index is 12.5. The van der Waals surface area contributed by atoms with E-state index in [1.165, 1.54) is 12.1 Å². The first-order valence-corrected chi connectivity index (χ1v) is 8.20. The molecule has 0 saturated carbocycles. The Morgan fingerprint density at radius 1 is 1.12 bits per heavy atom. The van der Waals surface area contributed by atoms with Crippen LogP contribution in [-0.2, 0) is 6.18 Å². The van der Waals surface area contributed by atoms with Crippen LogP contribution in [-0.4, -0.2) is 19.2 Å². The summed E-state index contributed by atoms with van der Waals surface area (Å²) in [6, 6.07) is 10.9. The Morgan fingerprint density at radius 2 is 1.85 bits per heavy atom. The van der Waals surface area contributed by atoms with E-state index in [9.17, 15) is 18.0 Å². The van der Waals surface area contributed by atoms with Gasteiger partial charge in [0.05, 0.1) is 12.1 Å². The molecule has 0 aliphatic heterocycles. The van der Waals surface area contributed by atoms with Crippen molar-refractivity contribution in [1.82, 2.24) is 5.32 Å². The van der Waals surface area contributed by atoms with Crippen molar-refractivity contribution in [3.8, 4) is 17.6 Å². The van der Waals surface area contributed by atoms with Crippen molar-refractivity contribution in [3.63, 3.8) is 0 Å². The zero-order chi connectivity index (χ0) is 19.0. The Morgan fingerprint density at radius 3 is 2.50 bits per heavy atom. The summed E-state index contributed by atoms with van der Waals surface area (Å²) in [6.07, 6.45) is -4.41. The highest BCUT2D eigenvalue weighted by atomic mass is 79.9. The van der Waals surface area contributed by atoms with E-state index in [4.69, 9.17) is 4.74 Å². The SMILES string of the molecule is O=C(NCC#CCOc1cccc(Br)c1)Nc1ccc(C(F)(F)F)cc1. The van der Waals surface area contributed by atoms with Crippen LogP contribution in [0.5, 0.6) is 5.75 Å². The van der Waals surface area contributed by atoms with Gasteiger partial charge in [0.1, 0.15) is 12.4 Å². The number of urea groups is 1. The number of halogens is 4. The lowest BCUT2D eigenvalue weighted by molar-refractivity contribution is -0.137. The van der Waals surface area contributed by atoms with E-state index < -0.39 is 17.8 Å². The number of alkyl halides is 3. The van der Waals surface area contributed by atoms with Crippen molar-refractivity contribution in [2.24, 2.45) is 0 Å². The second kappa shape index (κ2) is 9.15. The number of rotatable bonds is 4. The van der Waals surface area contributed by atoms with Gasteiger partial charge in [0.25, 0.3) is 0 Å². The van der Waals surface area contributed by atoms with Gasteiger partial charge < -0.3 is 15.4 Å². The van der Waals surface area contributed by atoms with Gasteiger partial charge in [0.2, 0.25) is 0 Å². The largest absolute Gasteiger partial charge is 0.481 e. The van der Waals surface area contributed by atoms with Crippen LogP contribution in [0.25, 0.3) is 0 Å². The Balaban J connectivity index is 1.71. The molecule has 8 heteroatoms. The molecular weight excluding hydrogens is 413 g/mol. The molecule has 2 aromatic rings. The van der Waals surface area contributed by atoms with E-state index in [-0.39, 0.29) is 18.8 Å². The van der Waals surface area contributed by atoms with Crippen LogP contribution in [0.15, 0.2) is 53.0 Å². The summed E-state index contributed by atoms with van der Waals surface area (Å²) >= 11 is 3.33. The number of nitrogens with one attached hydrogen (secondary N) is 2. The normalized spacial score (nSPS) is 10.5. The molecule has 2 aromatic carbocycles. The van der Waals surface area contributed by atoms with E-state index in [0.717, 1.165) is 16.6 Å². The van der Waals surface area contributed by atoms with Gasteiger partial charge in [-0.15, -0.1) is 0 Å². The fraction of sp³-hybridized carbons (Fsp3) is 0.167. The molecule has 2 rings (SSSR count). The van der Waals surface area contributed by atoms with Gasteiger partial charge in [-0.3, -0.25) is 0 Å². The van der Waals surface area contributed by atoms with E-state index in [1.807, 2.05) is 12.1 Å². The van der Waals surface area contributed by atoms with Gasteiger partial charge in [-0.1, -0.05) is 33.8 Å². The van der Waals surface area contributed by atoms with Gasteiger partial charge in [-0.25, -0.2) is 4.79 Å². The van der Waals surface area contributed by atoms with Crippen LogP contribution < -0.4 is 15.4 Å². The smallest absolute Gasteiger partial charge is 0.416 e. The summed E-state index contributed by atoms with van der Waals surface area (Å²) in [5, 5.41) is 4.90. The predicted molar refractivity (Wildman–Crippen MR) is 95.9 cm³/mol. The number of amides is 2. The van der Waals surface area contributed by atoms with Crippen molar-refractivity contribution in [1.29, 1.82) is 0 Å². The number of hydrogen-bond donors (Lipinski definition) is 2. The highest BCUT2D eigenvalue weighted by Gasteiger charge is 2.29. The summed E-state index contributed by atoms with van der Waals surface area (Å²) < 4.78 is 43.7. The first-order chi connectivity index (χ1) is 12.3. The van der Waals surface area contributed by atoms with E-state index in [0.29, 0.717) is 5.75 Å². The average molecular weight is 427 g/mol. The molecule has 0 spiro atoms. The summed E-state index contributed by atoms with van der Waals surface area (Å²) in [5.41, 5.74) is -0.527. The molecule has 0 heterocycles. The molecule has 0 aliphatic rings. The monoisotopic (exact) mass is 426 g/mol. The lowest BCUT2D eigenvalue weighted by Crippen LogP contribution is -2.29.